The van der Waals surface area contributed by atoms with E-state index in [2.05, 4.69) is 57.7 Å². The van der Waals surface area contributed by atoms with E-state index in [-0.39, 0.29) is 0 Å². The first-order valence-corrected chi connectivity index (χ1v) is 8.86. The van der Waals surface area contributed by atoms with Gasteiger partial charge in [-0.3, -0.25) is 0 Å². The monoisotopic (exact) mass is 340 g/mol. The van der Waals surface area contributed by atoms with E-state index in [4.69, 9.17) is 10.7 Å². The van der Waals surface area contributed by atoms with Crippen molar-refractivity contribution in [3.63, 3.8) is 0 Å². The second-order valence-electron chi connectivity index (χ2n) is 6.58. The average Bonchev–Trinajstić information content (AvgIpc) is 3.06. The number of aromatic nitrogens is 1. The third-order valence-electron chi connectivity index (χ3n) is 4.30. The maximum absolute atomic E-state index is 6.59. The molecule has 1 atom stereocenters. The van der Waals surface area contributed by atoms with Gasteiger partial charge in [-0.2, -0.15) is 0 Å². The highest BCUT2D eigenvalue weighted by molar-refractivity contribution is 7.10. The average molecular weight is 340 g/mol. The Kier molecular flexibility index (Phi) is 4.47. The molecule has 0 saturated heterocycles. The lowest BCUT2D eigenvalue weighted by atomic mass is 9.92. The fourth-order valence-electron chi connectivity index (χ4n) is 2.68. The van der Waals surface area contributed by atoms with Crippen molar-refractivity contribution in [1.29, 1.82) is 0 Å². The van der Waals surface area contributed by atoms with Crippen LogP contribution >= 0.6 is 11.3 Å². The van der Waals surface area contributed by atoms with Crippen LogP contribution in [0, 0.1) is 0 Å². The van der Waals surface area contributed by atoms with Gasteiger partial charge in [-0.25, -0.2) is 4.98 Å². The largest absolute Gasteiger partial charge is 0.378 e. The van der Waals surface area contributed by atoms with Gasteiger partial charge in [0.05, 0.1) is 11.2 Å². The molecular formula is C19H24N4S. The minimum atomic E-state index is -0.508. The third kappa shape index (κ3) is 3.23. The highest BCUT2D eigenvalue weighted by atomic mass is 32.1. The molecule has 1 aromatic heterocycles. The summed E-state index contributed by atoms with van der Waals surface area (Å²) in [6, 6.07) is 8.44. The third-order valence-corrected chi connectivity index (χ3v) is 5.33. The lowest BCUT2D eigenvalue weighted by Crippen LogP contribution is -2.35. The van der Waals surface area contributed by atoms with Crippen molar-refractivity contribution < 1.29 is 0 Å². The van der Waals surface area contributed by atoms with Crippen molar-refractivity contribution in [1.82, 2.24) is 9.88 Å². The molecule has 2 aromatic rings. The summed E-state index contributed by atoms with van der Waals surface area (Å²) < 4.78 is 0. The Balaban J connectivity index is 1.82. The Bertz CT molecular complexity index is 771. The second-order valence-corrected chi connectivity index (χ2v) is 7.44. The van der Waals surface area contributed by atoms with Crippen molar-refractivity contribution in [2.45, 2.75) is 12.0 Å². The molecule has 0 saturated carbocycles. The Hall–Kier alpha value is -2.11. The molecule has 0 bridgehead atoms. The zero-order valence-electron chi connectivity index (χ0n) is 14.7. The molecular weight excluding hydrogens is 316 g/mol. The smallest absolute Gasteiger partial charge is 0.117 e. The summed E-state index contributed by atoms with van der Waals surface area (Å²) in [5.74, 6) is 0. The first-order chi connectivity index (χ1) is 11.4. The van der Waals surface area contributed by atoms with E-state index in [1.165, 1.54) is 11.4 Å². The van der Waals surface area contributed by atoms with Crippen LogP contribution in [-0.4, -0.2) is 38.1 Å². The molecule has 0 amide bonds. The summed E-state index contributed by atoms with van der Waals surface area (Å²) in [6.45, 7) is 0. The quantitative estimate of drug-likeness (QED) is 0.926. The molecule has 1 aliphatic carbocycles. The van der Waals surface area contributed by atoms with E-state index in [0.29, 0.717) is 0 Å². The SMILES string of the molecule is CN(C)C1=CCC(N)(c2nc(-c3ccc(N(C)C)cc3)cs2)C=C1. The van der Waals surface area contributed by atoms with Crippen LogP contribution < -0.4 is 10.6 Å². The molecule has 0 radical (unpaired) electrons. The molecule has 1 unspecified atom stereocenters. The Morgan fingerprint density at radius 1 is 1.08 bits per heavy atom. The second kappa shape index (κ2) is 6.42. The van der Waals surface area contributed by atoms with Crippen molar-refractivity contribution >= 4 is 17.0 Å². The number of rotatable bonds is 4. The molecule has 0 aliphatic heterocycles. The molecule has 1 heterocycles. The number of likely N-dealkylation sites (N-methyl/N-ethyl adjacent to an activating group) is 1. The van der Waals surface area contributed by atoms with Crippen LogP contribution in [-0.2, 0) is 5.54 Å². The topological polar surface area (TPSA) is 45.4 Å². The maximum atomic E-state index is 6.59. The molecule has 4 nitrogen and oxygen atoms in total. The first kappa shape index (κ1) is 16.7. The van der Waals surface area contributed by atoms with Crippen molar-refractivity contribution in [3.05, 3.63) is 58.6 Å². The van der Waals surface area contributed by atoms with Crippen LogP contribution in [0.15, 0.2) is 53.6 Å². The molecule has 0 spiro atoms. The van der Waals surface area contributed by atoms with Crippen LogP contribution in [0.25, 0.3) is 11.3 Å². The summed E-state index contributed by atoms with van der Waals surface area (Å²) in [6.07, 6.45) is 7.09. The molecule has 1 aromatic carbocycles. The van der Waals surface area contributed by atoms with Gasteiger partial charge in [0, 0.05) is 50.5 Å². The fraction of sp³-hybridized carbons (Fsp3) is 0.316. The van der Waals surface area contributed by atoms with Gasteiger partial charge in [0.1, 0.15) is 5.01 Å². The normalized spacial score (nSPS) is 20.0. The van der Waals surface area contributed by atoms with Crippen molar-refractivity contribution in [2.75, 3.05) is 33.1 Å². The summed E-state index contributed by atoms with van der Waals surface area (Å²) >= 11 is 1.63. The number of hydrogen-bond acceptors (Lipinski definition) is 5. The van der Waals surface area contributed by atoms with E-state index >= 15 is 0 Å². The predicted molar refractivity (Wildman–Crippen MR) is 103 cm³/mol. The number of hydrogen-bond donors (Lipinski definition) is 1. The Morgan fingerprint density at radius 2 is 1.79 bits per heavy atom. The molecule has 0 fully saturated rings. The number of allylic oxidation sites excluding steroid dienone is 1. The number of anilines is 1. The van der Waals surface area contributed by atoms with Crippen molar-refractivity contribution in [3.8, 4) is 11.3 Å². The van der Waals surface area contributed by atoms with E-state index < -0.39 is 5.54 Å². The van der Waals surface area contributed by atoms with Gasteiger partial charge in [0.15, 0.2) is 0 Å². The Labute approximate surface area is 147 Å². The van der Waals surface area contributed by atoms with Crippen LogP contribution in [0.1, 0.15) is 11.4 Å². The summed E-state index contributed by atoms with van der Waals surface area (Å²) in [4.78, 5) is 8.99. The Morgan fingerprint density at radius 3 is 2.33 bits per heavy atom. The van der Waals surface area contributed by atoms with Gasteiger partial charge in [-0.05, 0) is 24.6 Å². The maximum Gasteiger partial charge on any atom is 0.117 e. The first-order valence-electron chi connectivity index (χ1n) is 7.98. The van der Waals surface area contributed by atoms with E-state index in [0.717, 1.165) is 22.7 Å². The van der Waals surface area contributed by atoms with Crippen LogP contribution in [0.5, 0.6) is 0 Å². The van der Waals surface area contributed by atoms with Crippen LogP contribution in [0.3, 0.4) is 0 Å². The van der Waals surface area contributed by atoms with Gasteiger partial charge >= 0.3 is 0 Å². The lowest BCUT2D eigenvalue weighted by Gasteiger charge is -2.27. The number of nitrogens with two attached hydrogens (primary N) is 1. The number of nitrogens with zero attached hydrogens (tertiary/aromatic N) is 3. The fourth-order valence-corrected chi connectivity index (χ4v) is 3.62. The number of benzene rings is 1. The predicted octanol–water partition coefficient (Wildman–Crippen LogP) is 3.44. The minimum absolute atomic E-state index is 0.508. The zero-order chi connectivity index (χ0) is 17.3. The number of thiazole rings is 1. The van der Waals surface area contributed by atoms with Crippen LogP contribution in [0.2, 0.25) is 0 Å². The summed E-state index contributed by atoms with van der Waals surface area (Å²) in [5, 5.41) is 3.05. The molecule has 2 N–H and O–H groups in total. The molecule has 3 rings (SSSR count). The van der Waals surface area contributed by atoms with Gasteiger partial charge in [-0.1, -0.05) is 24.3 Å². The highest BCUT2D eigenvalue weighted by Gasteiger charge is 2.29. The lowest BCUT2D eigenvalue weighted by molar-refractivity contribution is 0.495. The van der Waals surface area contributed by atoms with E-state index in [1.54, 1.807) is 11.3 Å². The van der Waals surface area contributed by atoms with Crippen LogP contribution in [0.4, 0.5) is 5.69 Å². The molecule has 126 valence electrons. The minimum Gasteiger partial charge on any atom is -0.378 e. The highest BCUT2D eigenvalue weighted by Crippen LogP contribution is 2.34. The molecule has 1 aliphatic rings. The molecule has 24 heavy (non-hydrogen) atoms. The van der Waals surface area contributed by atoms with E-state index in [1.807, 2.05) is 28.2 Å². The zero-order valence-corrected chi connectivity index (χ0v) is 15.5. The van der Waals surface area contributed by atoms with Crippen molar-refractivity contribution in [2.24, 2.45) is 5.73 Å². The summed E-state index contributed by atoms with van der Waals surface area (Å²) in [5.41, 5.74) is 10.6. The van der Waals surface area contributed by atoms with Gasteiger partial charge in [-0.15, -0.1) is 11.3 Å². The van der Waals surface area contributed by atoms with Gasteiger partial charge in [0.2, 0.25) is 0 Å². The van der Waals surface area contributed by atoms with Gasteiger partial charge in [0.25, 0.3) is 0 Å². The van der Waals surface area contributed by atoms with Gasteiger partial charge < -0.3 is 15.5 Å². The molecule has 5 heteroatoms. The van der Waals surface area contributed by atoms with E-state index in [9.17, 15) is 0 Å². The standard InChI is InChI=1S/C19H24N4S/c1-22(2)15-7-5-14(6-8-15)17-13-24-18(21-17)19(20)11-9-16(10-12-19)23(3)4/h5-11,13H,12,20H2,1-4H3. The summed E-state index contributed by atoms with van der Waals surface area (Å²) in [7, 11) is 8.16.